The minimum absolute atomic E-state index is 0.0450. The van der Waals surface area contributed by atoms with Crippen LogP contribution < -0.4 is 0 Å². The van der Waals surface area contributed by atoms with E-state index in [1.807, 2.05) is 45.0 Å². The van der Waals surface area contributed by atoms with Crippen LogP contribution >= 0.6 is 0 Å². The molecule has 2 aromatic heterocycles. The van der Waals surface area contributed by atoms with Crippen molar-refractivity contribution in [2.45, 2.75) is 46.8 Å². The van der Waals surface area contributed by atoms with Crippen LogP contribution in [0.5, 0.6) is 0 Å². The van der Waals surface area contributed by atoms with E-state index in [4.69, 9.17) is 4.74 Å². The van der Waals surface area contributed by atoms with Gasteiger partial charge in [-0.05, 0) is 41.8 Å². The molecule has 0 radical (unpaired) electrons. The number of aromatic nitrogens is 5. The standard InChI is InChI=1S/C18H21N5O2/c1-4-10-23-16(20-21-22-23)11-25-18(24)17-12(3)14(5-2)19-15-9-7-6-8-13(15)17/h6-9H,4-5,10-11H2,1-3H3. The van der Waals surface area contributed by atoms with Crippen molar-refractivity contribution in [2.24, 2.45) is 0 Å². The second-order valence-electron chi connectivity index (χ2n) is 5.82. The van der Waals surface area contributed by atoms with E-state index in [0.29, 0.717) is 17.9 Å². The number of benzene rings is 1. The summed E-state index contributed by atoms with van der Waals surface area (Å²) in [5.41, 5.74) is 3.13. The van der Waals surface area contributed by atoms with Crippen LogP contribution in [0.4, 0.5) is 0 Å². The summed E-state index contributed by atoms with van der Waals surface area (Å²) in [4.78, 5) is 17.4. The van der Waals surface area contributed by atoms with E-state index < -0.39 is 0 Å². The number of tetrazole rings is 1. The first-order chi connectivity index (χ1) is 12.2. The van der Waals surface area contributed by atoms with Crippen molar-refractivity contribution in [1.29, 1.82) is 0 Å². The Labute approximate surface area is 146 Å². The van der Waals surface area contributed by atoms with Crippen LogP contribution in [-0.2, 0) is 24.3 Å². The third-order valence-corrected chi connectivity index (χ3v) is 4.15. The van der Waals surface area contributed by atoms with E-state index in [1.54, 1.807) is 4.68 Å². The molecule has 1 aromatic carbocycles. The number of rotatable bonds is 6. The van der Waals surface area contributed by atoms with Crippen molar-refractivity contribution in [1.82, 2.24) is 25.2 Å². The molecule has 0 fully saturated rings. The van der Waals surface area contributed by atoms with Gasteiger partial charge in [-0.15, -0.1) is 5.10 Å². The number of para-hydroxylation sites is 1. The first-order valence-electron chi connectivity index (χ1n) is 8.46. The highest BCUT2D eigenvalue weighted by Gasteiger charge is 2.19. The summed E-state index contributed by atoms with van der Waals surface area (Å²) in [7, 11) is 0. The number of fused-ring (bicyclic) bond motifs is 1. The quantitative estimate of drug-likeness (QED) is 0.642. The summed E-state index contributed by atoms with van der Waals surface area (Å²) < 4.78 is 7.17. The van der Waals surface area contributed by atoms with Crippen LogP contribution in [0.3, 0.4) is 0 Å². The molecule has 0 amide bonds. The molecule has 3 rings (SSSR count). The fraction of sp³-hybridized carbons (Fsp3) is 0.389. The second-order valence-corrected chi connectivity index (χ2v) is 5.82. The van der Waals surface area contributed by atoms with Crippen molar-refractivity contribution >= 4 is 16.9 Å². The molecule has 0 saturated heterocycles. The zero-order valence-corrected chi connectivity index (χ0v) is 14.7. The number of carbonyl (C=O) groups is 1. The summed E-state index contributed by atoms with van der Waals surface area (Å²) in [6, 6.07) is 7.62. The molecule has 0 N–H and O–H groups in total. The Morgan fingerprint density at radius 2 is 2.04 bits per heavy atom. The van der Waals surface area contributed by atoms with Gasteiger partial charge in [-0.1, -0.05) is 32.0 Å². The average molecular weight is 339 g/mol. The van der Waals surface area contributed by atoms with Crippen molar-refractivity contribution in [3.63, 3.8) is 0 Å². The zero-order chi connectivity index (χ0) is 17.8. The lowest BCUT2D eigenvalue weighted by Crippen LogP contribution is -2.13. The van der Waals surface area contributed by atoms with Crippen LogP contribution in [-0.4, -0.2) is 31.2 Å². The Morgan fingerprint density at radius 1 is 1.24 bits per heavy atom. The summed E-state index contributed by atoms with van der Waals surface area (Å²) in [5, 5.41) is 12.3. The Bertz CT molecular complexity index is 904. The highest BCUT2D eigenvalue weighted by atomic mass is 16.5. The van der Waals surface area contributed by atoms with Crippen LogP contribution in [0.25, 0.3) is 10.9 Å². The molecule has 0 spiro atoms. The van der Waals surface area contributed by atoms with Gasteiger partial charge in [0.15, 0.2) is 12.4 Å². The SMILES string of the molecule is CCCn1nnnc1COC(=O)c1c(C)c(CC)nc2ccccc12. The number of hydrogen-bond donors (Lipinski definition) is 0. The lowest BCUT2D eigenvalue weighted by atomic mass is 10.0. The molecule has 0 bridgehead atoms. The van der Waals surface area contributed by atoms with Gasteiger partial charge in [-0.2, -0.15) is 0 Å². The van der Waals surface area contributed by atoms with Crippen molar-refractivity contribution in [3.05, 3.63) is 46.9 Å². The second kappa shape index (κ2) is 7.38. The van der Waals surface area contributed by atoms with Gasteiger partial charge in [0.05, 0.1) is 11.1 Å². The molecule has 0 unspecified atom stereocenters. The summed E-state index contributed by atoms with van der Waals surface area (Å²) in [5.74, 6) is 0.166. The number of pyridine rings is 1. The highest BCUT2D eigenvalue weighted by molar-refractivity contribution is 6.04. The fourth-order valence-corrected chi connectivity index (χ4v) is 2.88. The van der Waals surface area contributed by atoms with Gasteiger partial charge in [0.1, 0.15) is 0 Å². The van der Waals surface area contributed by atoms with E-state index in [9.17, 15) is 4.79 Å². The largest absolute Gasteiger partial charge is 0.454 e. The number of hydrogen-bond acceptors (Lipinski definition) is 6. The van der Waals surface area contributed by atoms with Gasteiger partial charge in [-0.3, -0.25) is 4.98 Å². The fourth-order valence-electron chi connectivity index (χ4n) is 2.88. The Balaban J connectivity index is 1.91. The van der Waals surface area contributed by atoms with Crippen LogP contribution in [0.2, 0.25) is 0 Å². The number of carbonyl (C=O) groups excluding carboxylic acids is 1. The molecule has 25 heavy (non-hydrogen) atoms. The van der Waals surface area contributed by atoms with Crippen molar-refractivity contribution in [3.8, 4) is 0 Å². The molecule has 3 aromatic rings. The molecule has 0 aliphatic rings. The molecular formula is C18H21N5O2. The maximum Gasteiger partial charge on any atom is 0.339 e. The van der Waals surface area contributed by atoms with Crippen LogP contribution in [0.15, 0.2) is 24.3 Å². The molecule has 0 saturated carbocycles. The lowest BCUT2D eigenvalue weighted by Gasteiger charge is -2.13. The van der Waals surface area contributed by atoms with E-state index in [2.05, 4.69) is 20.5 Å². The van der Waals surface area contributed by atoms with Gasteiger partial charge in [0.25, 0.3) is 0 Å². The molecule has 7 heteroatoms. The highest BCUT2D eigenvalue weighted by Crippen LogP contribution is 2.24. The first-order valence-corrected chi connectivity index (χ1v) is 8.46. The number of aryl methyl sites for hydroxylation is 2. The summed E-state index contributed by atoms with van der Waals surface area (Å²) >= 11 is 0. The number of nitrogens with zero attached hydrogens (tertiary/aromatic N) is 5. The molecule has 7 nitrogen and oxygen atoms in total. The Kier molecular flexibility index (Phi) is 5.02. The summed E-state index contributed by atoms with van der Waals surface area (Å²) in [6.07, 6.45) is 1.66. The van der Waals surface area contributed by atoms with Gasteiger partial charge in [0.2, 0.25) is 0 Å². The zero-order valence-electron chi connectivity index (χ0n) is 14.7. The maximum absolute atomic E-state index is 12.8. The maximum atomic E-state index is 12.8. The molecule has 2 heterocycles. The van der Waals surface area contributed by atoms with Crippen molar-refractivity contribution < 1.29 is 9.53 Å². The lowest BCUT2D eigenvalue weighted by molar-refractivity contribution is 0.0457. The third kappa shape index (κ3) is 3.35. The topological polar surface area (TPSA) is 82.8 Å². The minimum atomic E-state index is -0.378. The van der Waals surface area contributed by atoms with E-state index in [0.717, 1.165) is 35.0 Å². The smallest absolute Gasteiger partial charge is 0.339 e. The van der Waals surface area contributed by atoms with E-state index in [-0.39, 0.29) is 12.6 Å². The van der Waals surface area contributed by atoms with Crippen LogP contribution in [0.1, 0.15) is 47.7 Å². The van der Waals surface area contributed by atoms with Gasteiger partial charge < -0.3 is 4.74 Å². The van der Waals surface area contributed by atoms with Crippen molar-refractivity contribution in [2.75, 3.05) is 0 Å². The summed E-state index contributed by atoms with van der Waals surface area (Å²) in [6.45, 7) is 6.71. The third-order valence-electron chi connectivity index (χ3n) is 4.15. The Morgan fingerprint density at radius 3 is 2.80 bits per heavy atom. The Hall–Kier alpha value is -2.83. The van der Waals surface area contributed by atoms with E-state index >= 15 is 0 Å². The van der Waals surface area contributed by atoms with Gasteiger partial charge in [0, 0.05) is 17.6 Å². The minimum Gasteiger partial charge on any atom is -0.454 e. The molecule has 0 aliphatic carbocycles. The molecule has 130 valence electrons. The van der Waals surface area contributed by atoms with Gasteiger partial charge >= 0.3 is 5.97 Å². The van der Waals surface area contributed by atoms with Crippen LogP contribution in [0, 0.1) is 6.92 Å². The van der Waals surface area contributed by atoms with E-state index in [1.165, 1.54) is 0 Å². The number of ether oxygens (including phenoxy) is 1. The first kappa shape index (κ1) is 17.0. The molecular weight excluding hydrogens is 318 g/mol. The number of esters is 1. The van der Waals surface area contributed by atoms with Gasteiger partial charge in [-0.25, -0.2) is 9.48 Å². The monoisotopic (exact) mass is 339 g/mol. The predicted molar refractivity (Wildman–Crippen MR) is 93.1 cm³/mol. The molecule has 0 atom stereocenters. The normalized spacial score (nSPS) is 11.0. The average Bonchev–Trinajstić information content (AvgIpc) is 3.06. The molecule has 0 aliphatic heterocycles. The predicted octanol–water partition coefficient (Wildman–Crippen LogP) is 2.86.